The van der Waals surface area contributed by atoms with Crippen LogP contribution >= 0.6 is 0 Å². The number of likely N-dealkylation sites (tertiary alicyclic amines) is 1. The largest absolute Gasteiger partial charge is 0.480 e. The highest BCUT2D eigenvalue weighted by Crippen LogP contribution is 2.44. The number of carboxylic acid groups (broad SMARTS) is 1. The van der Waals surface area contributed by atoms with Crippen LogP contribution < -0.4 is 5.32 Å². The summed E-state index contributed by atoms with van der Waals surface area (Å²) < 4.78 is 5.55. The Morgan fingerprint density at radius 1 is 1.12 bits per heavy atom. The summed E-state index contributed by atoms with van der Waals surface area (Å²) >= 11 is 0. The average molecular weight is 447 g/mol. The van der Waals surface area contributed by atoms with Crippen LogP contribution in [0.25, 0.3) is 11.1 Å². The number of alkyl carbamates (subject to hydrolysis) is 1. The zero-order chi connectivity index (χ0) is 23.4. The van der Waals surface area contributed by atoms with Gasteiger partial charge in [-0.3, -0.25) is 4.79 Å². The van der Waals surface area contributed by atoms with Crippen LogP contribution in [-0.4, -0.2) is 53.2 Å². The minimum absolute atomic E-state index is 0.0857. The van der Waals surface area contributed by atoms with Gasteiger partial charge in [-0.2, -0.15) is 0 Å². The van der Waals surface area contributed by atoms with Crippen molar-refractivity contribution in [2.75, 3.05) is 13.2 Å². The lowest BCUT2D eigenvalue weighted by Crippen LogP contribution is -2.51. The summed E-state index contributed by atoms with van der Waals surface area (Å²) in [6.45, 7) is 2.12. The lowest BCUT2D eigenvalue weighted by Gasteiger charge is -2.26. The van der Waals surface area contributed by atoms with E-state index in [4.69, 9.17) is 4.74 Å². The van der Waals surface area contributed by atoms with Crippen molar-refractivity contribution in [1.82, 2.24) is 10.2 Å². The number of hydrogen-bond acceptors (Lipinski definition) is 4. The predicted octanol–water partition coefficient (Wildman–Crippen LogP) is 3.38. The second kappa shape index (κ2) is 9.78. The maximum atomic E-state index is 13.0. The summed E-state index contributed by atoms with van der Waals surface area (Å²) in [5, 5.41) is 12.0. The highest BCUT2D eigenvalue weighted by Gasteiger charge is 2.38. The smallest absolute Gasteiger partial charge is 0.407 e. The Morgan fingerprint density at radius 3 is 2.36 bits per heavy atom. The van der Waals surface area contributed by atoms with Crippen molar-refractivity contribution in [3.05, 3.63) is 59.7 Å². The van der Waals surface area contributed by atoms with Gasteiger partial charge in [0.05, 0.1) is 0 Å². The second-order valence-electron chi connectivity index (χ2n) is 8.18. The minimum Gasteiger partial charge on any atom is -0.480 e. The molecule has 1 heterocycles. The third kappa shape index (κ3) is 4.56. The molecule has 0 radical (unpaired) electrons. The van der Waals surface area contributed by atoms with Gasteiger partial charge in [-0.25, -0.2) is 9.59 Å². The molecule has 2 aromatic carbocycles. The molecule has 33 heavy (non-hydrogen) atoms. The van der Waals surface area contributed by atoms with E-state index in [9.17, 15) is 19.5 Å². The van der Waals surface area contributed by atoms with Gasteiger partial charge in [0.15, 0.2) is 0 Å². The molecule has 0 aromatic heterocycles. The molecular weight excluding hydrogens is 420 g/mol. The Hall–Kier alpha value is -3.79. The summed E-state index contributed by atoms with van der Waals surface area (Å²) in [6.07, 6.45) is 0.375. The third-order valence-corrected chi connectivity index (χ3v) is 6.24. The maximum Gasteiger partial charge on any atom is 0.407 e. The van der Waals surface area contributed by atoms with Crippen molar-refractivity contribution in [2.24, 2.45) is 0 Å². The van der Waals surface area contributed by atoms with E-state index < -0.39 is 30.1 Å². The molecule has 1 saturated heterocycles. The number of nitrogens with one attached hydrogen (secondary N) is 1. The van der Waals surface area contributed by atoms with Gasteiger partial charge >= 0.3 is 12.1 Å². The van der Waals surface area contributed by atoms with Crippen LogP contribution in [0.1, 0.15) is 43.2 Å². The molecule has 170 valence electrons. The average Bonchev–Trinajstić information content (AvgIpc) is 3.43. The first-order chi connectivity index (χ1) is 16.0. The van der Waals surface area contributed by atoms with Gasteiger partial charge in [0, 0.05) is 18.9 Å². The zero-order valence-electron chi connectivity index (χ0n) is 18.4. The first-order valence-electron chi connectivity index (χ1n) is 11.1. The number of hydrogen-bond donors (Lipinski definition) is 2. The molecule has 7 nitrogen and oxygen atoms in total. The molecular formula is C26H26N2O5. The van der Waals surface area contributed by atoms with Crippen LogP contribution in [0.4, 0.5) is 4.79 Å². The van der Waals surface area contributed by atoms with Crippen molar-refractivity contribution in [2.45, 2.75) is 44.2 Å². The SMILES string of the molecule is CC#CCC(NC(=O)OCC1c2ccccc2-c2ccccc21)C(=O)N1CCC[C@@H]1C(=O)O. The molecule has 2 atom stereocenters. The molecule has 1 fully saturated rings. The number of carboxylic acids is 1. The number of aliphatic carboxylic acids is 1. The number of benzene rings is 2. The lowest BCUT2D eigenvalue weighted by molar-refractivity contribution is -0.148. The van der Waals surface area contributed by atoms with Gasteiger partial charge < -0.3 is 20.1 Å². The molecule has 2 aliphatic rings. The molecule has 1 unspecified atom stereocenters. The van der Waals surface area contributed by atoms with E-state index in [1.54, 1.807) is 6.92 Å². The number of rotatable bonds is 6. The van der Waals surface area contributed by atoms with Crippen LogP contribution in [0.15, 0.2) is 48.5 Å². The standard InChI is InChI=1S/C26H26N2O5/c1-2-3-13-22(24(29)28-15-8-14-23(28)25(30)31)27-26(32)33-16-21-19-11-6-4-9-17(19)18-10-5-7-12-20(18)21/h4-7,9-12,21-23H,8,13-16H2,1H3,(H,27,32)(H,30,31)/t22?,23-/m1/s1. The number of ether oxygens (including phenoxy) is 1. The first-order valence-corrected chi connectivity index (χ1v) is 11.1. The number of nitrogens with zero attached hydrogens (tertiary/aromatic N) is 1. The van der Waals surface area contributed by atoms with Crippen LogP contribution in [0.5, 0.6) is 0 Å². The van der Waals surface area contributed by atoms with E-state index in [2.05, 4.69) is 29.3 Å². The highest BCUT2D eigenvalue weighted by atomic mass is 16.5. The van der Waals surface area contributed by atoms with E-state index in [0.29, 0.717) is 19.4 Å². The van der Waals surface area contributed by atoms with Gasteiger partial charge in [0.2, 0.25) is 5.91 Å². The monoisotopic (exact) mass is 446 g/mol. The molecule has 2 amide bonds. The quantitative estimate of drug-likeness (QED) is 0.664. The first kappa shape index (κ1) is 22.4. The lowest BCUT2D eigenvalue weighted by atomic mass is 9.98. The highest BCUT2D eigenvalue weighted by molar-refractivity contribution is 5.90. The van der Waals surface area contributed by atoms with E-state index in [0.717, 1.165) is 22.3 Å². The Balaban J connectivity index is 1.45. The molecule has 7 heteroatoms. The molecule has 4 rings (SSSR count). The fourth-order valence-corrected chi connectivity index (χ4v) is 4.67. The molecule has 1 aliphatic heterocycles. The van der Waals surface area contributed by atoms with E-state index in [-0.39, 0.29) is 18.9 Å². The summed E-state index contributed by atoms with van der Waals surface area (Å²) in [5.74, 6) is 3.95. The molecule has 0 spiro atoms. The molecule has 2 aromatic rings. The van der Waals surface area contributed by atoms with Crippen molar-refractivity contribution >= 4 is 18.0 Å². The van der Waals surface area contributed by atoms with Crippen molar-refractivity contribution in [3.63, 3.8) is 0 Å². The number of fused-ring (bicyclic) bond motifs is 3. The third-order valence-electron chi connectivity index (χ3n) is 6.24. The van der Waals surface area contributed by atoms with Crippen molar-refractivity contribution in [1.29, 1.82) is 0 Å². The maximum absolute atomic E-state index is 13.0. The molecule has 2 N–H and O–H groups in total. The Morgan fingerprint density at radius 2 is 1.76 bits per heavy atom. The van der Waals surface area contributed by atoms with Crippen LogP contribution in [0, 0.1) is 11.8 Å². The molecule has 1 aliphatic carbocycles. The van der Waals surface area contributed by atoms with Crippen molar-refractivity contribution < 1.29 is 24.2 Å². The van der Waals surface area contributed by atoms with Gasteiger partial charge in [-0.1, -0.05) is 48.5 Å². The Kier molecular flexibility index (Phi) is 6.64. The topological polar surface area (TPSA) is 95.9 Å². The fourth-order valence-electron chi connectivity index (χ4n) is 4.67. The number of amides is 2. The predicted molar refractivity (Wildman–Crippen MR) is 122 cm³/mol. The molecule has 0 saturated carbocycles. The van der Waals surface area contributed by atoms with E-state index in [1.807, 2.05) is 36.4 Å². The Bertz CT molecular complexity index is 1090. The zero-order valence-corrected chi connectivity index (χ0v) is 18.4. The summed E-state index contributed by atoms with van der Waals surface area (Å²) in [6, 6.07) is 14.2. The van der Waals surface area contributed by atoms with Gasteiger partial charge in [0.1, 0.15) is 18.7 Å². The second-order valence-corrected chi connectivity index (χ2v) is 8.18. The minimum atomic E-state index is -1.04. The summed E-state index contributed by atoms with van der Waals surface area (Å²) in [7, 11) is 0. The summed E-state index contributed by atoms with van der Waals surface area (Å²) in [5.41, 5.74) is 4.44. The van der Waals surface area contributed by atoms with Crippen LogP contribution in [0.2, 0.25) is 0 Å². The van der Waals surface area contributed by atoms with Gasteiger partial charge in [0.25, 0.3) is 0 Å². The Labute approximate surface area is 192 Å². The van der Waals surface area contributed by atoms with Crippen LogP contribution in [0.3, 0.4) is 0 Å². The van der Waals surface area contributed by atoms with E-state index in [1.165, 1.54) is 4.90 Å². The fraction of sp³-hybridized carbons (Fsp3) is 0.346. The van der Waals surface area contributed by atoms with Crippen LogP contribution in [-0.2, 0) is 14.3 Å². The number of carbonyl (C=O) groups is 3. The molecule has 0 bridgehead atoms. The number of carbonyl (C=O) groups excluding carboxylic acids is 2. The van der Waals surface area contributed by atoms with E-state index >= 15 is 0 Å². The summed E-state index contributed by atoms with van der Waals surface area (Å²) in [4.78, 5) is 38.5. The van der Waals surface area contributed by atoms with Crippen molar-refractivity contribution in [3.8, 4) is 23.0 Å². The van der Waals surface area contributed by atoms with Gasteiger partial charge in [-0.05, 0) is 42.0 Å². The van der Waals surface area contributed by atoms with Gasteiger partial charge in [-0.15, -0.1) is 11.8 Å². The normalized spacial score (nSPS) is 17.4.